The van der Waals surface area contributed by atoms with Crippen LogP contribution in [0.4, 0.5) is 0 Å². The number of thiophene rings is 1. The van der Waals surface area contributed by atoms with Gasteiger partial charge in [0.1, 0.15) is 10.3 Å². The summed E-state index contributed by atoms with van der Waals surface area (Å²) in [5, 5.41) is 0. The van der Waals surface area contributed by atoms with Gasteiger partial charge in [-0.05, 0) is 24.6 Å². The molecule has 1 fully saturated rings. The predicted molar refractivity (Wildman–Crippen MR) is 107 cm³/mol. The molecule has 1 aromatic carbocycles. The Balaban J connectivity index is 1.77. The van der Waals surface area contributed by atoms with Gasteiger partial charge in [-0.25, -0.2) is 8.42 Å². The molecule has 1 aliphatic heterocycles. The maximum Gasteiger partial charge on any atom is 0.252 e. The Hall–Kier alpha value is -1.74. The predicted octanol–water partition coefficient (Wildman–Crippen LogP) is 2.19. The van der Waals surface area contributed by atoms with Crippen molar-refractivity contribution in [2.75, 3.05) is 40.3 Å². The van der Waals surface area contributed by atoms with Gasteiger partial charge in [-0.1, -0.05) is 30.3 Å². The zero-order valence-electron chi connectivity index (χ0n) is 15.8. The van der Waals surface area contributed by atoms with Crippen molar-refractivity contribution < 1.29 is 13.2 Å². The van der Waals surface area contributed by atoms with E-state index in [4.69, 9.17) is 0 Å². The zero-order valence-corrected chi connectivity index (χ0v) is 17.5. The van der Waals surface area contributed by atoms with Crippen LogP contribution in [0.3, 0.4) is 0 Å². The van der Waals surface area contributed by atoms with Crippen LogP contribution in [0.25, 0.3) is 0 Å². The lowest BCUT2D eigenvalue weighted by atomic mass is 10.0. The van der Waals surface area contributed by atoms with Crippen molar-refractivity contribution >= 4 is 27.3 Å². The third-order valence-electron chi connectivity index (χ3n) is 4.74. The van der Waals surface area contributed by atoms with Gasteiger partial charge in [-0.3, -0.25) is 9.69 Å². The van der Waals surface area contributed by atoms with E-state index < -0.39 is 16.1 Å². The Labute approximate surface area is 165 Å². The van der Waals surface area contributed by atoms with Gasteiger partial charge in [-0.15, -0.1) is 11.3 Å². The fraction of sp³-hybridized carbons (Fsp3) is 0.421. The van der Waals surface area contributed by atoms with E-state index >= 15 is 0 Å². The van der Waals surface area contributed by atoms with Crippen LogP contribution in [-0.4, -0.2) is 68.7 Å². The van der Waals surface area contributed by atoms with Crippen molar-refractivity contribution in [2.45, 2.75) is 17.2 Å². The van der Waals surface area contributed by atoms with Gasteiger partial charge < -0.3 is 4.90 Å². The SMILES string of the molecule is Cc1ccc(S(=O)(=O)N2CCN(C(C(=O)N(C)C)c3ccccc3)CC2)s1. The third-order valence-corrected chi connectivity index (χ3v) is 8.10. The third kappa shape index (κ3) is 4.24. The smallest absolute Gasteiger partial charge is 0.252 e. The molecular formula is C19H25N3O3S2. The largest absolute Gasteiger partial charge is 0.347 e. The lowest BCUT2D eigenvalue weighted by molar-refractivity contribution is -0.135. The first kappa shape index (κ1) is 20.0. The summed E-state index contributed by atoms with van der Waals surface area (Å²) in [5.41, 5.74) is 0.932. The topological polar surface area (TPSA) is 60.9 Å². The van der Waals surface area contributed by atoms with Crippen LogP contribution < -0.4 is 0 Å². The van der Waals surface area contributed by atoms with Crippen LogP contribution in [0.1, 0.15) is 16.5 Å². The van der Waals surface area contributed by atoms with E-state index in [1.165, 1.54) is 15.6 Å². The zero-order chi connectivity index (χ0) is 19.6. The van der Waals surface area contributed by atoms with Crippen LogP contribution in [-0.2, 0) is 14.8 Å². The molecule has 146 valence electrons. The minimum atomic E-state index is -3.46. The highest BCUT2D eigenvalue weighted by molar-refractivity contribution is 7.91. The minimum Gasteiger partial charge on any atom is -0.347 e. The van der Waals surface area contributed by atoms with Crippen LogP contribution in [0, 0.1) is 6.92 Å². The number of hydrogen-bond donors (Lipinski definition) is 0. The Morgan fingerprint density at radius 3 is 2.19 bits per heavy atom. The number of piperazine rings is 1. The minimum absolute atomic E-state index is 0.00592. The molecule has 1 saturated heterocycles. The number of rotatable bonds is 5. The summed E-state index contributed by atoms with van der Waals surface area (Å²) in [7, 11) is 0.0345. The van der Waals surface area contributed by atoms with Gasteiger partial charge in [0.15, 0.2) is 0 Å². The highest BCUT2D eigenvalue weighted by Crippen LogP contribution is 2.28. The van der Waals surface area contributed by atoms with Crippen LogP contribution in [0.15, 0.2) is 46.7 Å². The molecule has 8 heteroatoms. The first-order chi connectivity index (χ1) is 12.8. The molecule has 0 spiro atoms. The lowest BCUT2D eigenvalue weighted by Gasteiger charge is -2.38. The van der Waals surface area contributed by atoms with Crippen molar-refractivity contribution in [1.29, 1.82) is 0 Å². The molecular weight excluding hydrogens is 382 g/mol. The van der Waals surface area contributed by atoms with Gasteiger partial charge in [-0.2, -0.15) is 4.31 Å². The fourth-order valence-electron chi connectivity index (χ4n) is 3.27. The van der Waals surface area contributed by atoms with Crippen molar-refractivity contribution in [1.82, 2.24) is 14.1 Å². The molecule has 0 bridgehead atoms. The quantitative estimate of drug-likeness (QED) is 0.762. The van der Waals surface area contributed by atoms with E-state index in [0.29, 0.717) is 30.4 Å². The van der Waals surface area contributed by atoms with Gasteiger partial charge in [0.25, 0.3) is 10.0 Å². The van der Waals surface area contributed by atoms with Crippen LogP contribution >= 0.6 is 11.3 Å². The lowest BCUT2D eigenvalue weighted by Crippen LogP contribution is -2.52. The molecule has 1 atom stereocenters. The number of benzene rings is 1. The summed E-state index contributed by atoms with van der Waals surface area (Å²) in [6, 6.07) is 12.8. The number of carbonyl (C=O) groups excluding carboxylic acids is 1. The van der Waals surface area contributed by atoms with E-state index in [-0.39, 0.29) is 5.91 Å². The van der Waals surface area contributed by atoms with Crippen molar-refractivity contribution in [2.24, 2.45) is 0 Å². The summed E-state index contributed by atoms with van der Waals surface area (Å²) in [6.45, 7) is 3.69. The second-order valence-electron chi connectivity index (χ2n) is 6.85. The number of amides is 1. The molecule has 1 aliphatic rings. The molecule has 2 aromatic rings. The average Bonchev–Trinajstić information content (AvgIpc) is 3.10. The number of nitrogens with zero attached hydrogens (tertiary/aromatic N) is 3. The second-order valence-corrected chi connectivity index (χ2v) is 10.3. The first-order valence-electron chi connectivity index (χ1n) is 8.87. The molecule has 0 saturated carbocycles. The number of carbonyl (C=O) groups is 1. The summed E-state index contributed by atoms with van der Waals surface area (Å²) < 4.78 is 27.6. The summed E-state index contributed by atoms with van der Waals surface area (Å²) in [4.78, 5) is 17.4. The standard InChI is InChI=1S/C19H25N3O3S2/c1-15-9-10-17(26-15)27(24,25)22-13-11-21(12-14-22)18(19(23)20(2)3)16-7-5-4-6-8-16/h4-10,18H,11-14H2,1-3H3. The van der Waals surface area contributed by atoms with E-state index in [1.807, 2.05) is 43.3 Å². The molecule has 1 unspecified atom stereocenters. The Morgan fingerprint density at radius 2 is 1.67 bits per heavy atom. The maximum atomic E-state index is 12.8. The summed E-state index contributed by atoms with van der Waals surface area (Å²) >= 11 is 1.30. The maximum absolute atomic E-state index is 12.8. The fourth-order valence-corrected chi connectivity index (χ4v) is 6.13. The highest BCUT2D eigenvalue weighted by atomic mass is 32.2. The molecule has 1 amide bonds. The average molecular weight is 408 g/mol. The van der Waals surface area contributed by atoms with E-state index in [1.54, 1.807) is 25.1 Å². The van der Waals surface area contributed by atoms with Crippen molar-refractivity contribution in [3.05, 3.63) is 52.9 Å². The van der Waals surface area contributed by atoms with Crippen molar-refractivity contribution in [3.63, 3.8) is 0 Å². The molecule has 0 aliphatic carbocycles. The van der Waals surface area contributed by atoms with Gasteiger partial charge >= 0.3 is 0 Å². The normalized spacial score (nSPS) is 17.6. The Bertz CT molecular complexity index is 886. The first-order valence-corrected chi connectivity index (χ1v) is 11.1. The highest BCUT2D eigenvalue weighted by Gasteiger charge is 2.35. The number of aryl methyl sites for hydroxylation is 1. The number of likely N-dealkylation sites (N-methyl/N-ethyl adjacent to an activating group) is 1. The molecule has 27 heavy (non-hydrogen) atoms. The van der Waals surface area contributed by atoms with Crippen LogP contribution in [0.5, 0.6) is 0 Å². The molecule has 0 radical (unpaired) electrons. The van der Waals surface area contributed by atoms with Gasteiger partial charge in [0.2, 0.25) is 5.91 Å². The molecule has 1 aromatic heterocycles. The summed E-state index contributed by atoms with van der Waals surface area (Å²) in [6.07, 6.45) is 0. The van der Waals surface area contributed by atoms with Crippen molar-refractivity contribution in [3.8, 4) is 0 Å². The Kier molecular flexibility index (Phi) is 6.00. The second kappa shape index (κ2) is 8.10. The van der Waals surface area contributed by atoms with E-state index in [0.717, 1.165) is 10.4 Å². The van der Waals surface area contributed by atoms with Gasteiger partial charge in [0, 0.05) is 45.2 Å². The van der Waals surface area contributed by atoms with E-state index in [9.17, 15) is 13.2 Å². The Morgan fingerprint density at radius 1 is 1.04 bits per heavy atom. The monoisotopic (exact) mass is 407 g/mol. The number of hydrogen-bond acceptors (Lipinski definition) is 5. The molecule has 3 rings (SSSR count). The van der Waals surface area contributed by atoms with Crippen LogP contribution in [0.2, 0.25) is 0 Å². The number of sulfonamides is 1. The molecule has 2 heterocycles. The van der Waals surface area contributed by atoms with E-state index in [2.05, 4.69) is 4.90 Å². The summed E-state index contributed by atoms with van der Waals surface area (Å²) in [5.74, 6) is 0.00592. The molecule has 6 nitrogen and oxygen atoms in total. The van der Waals surface area contributed by atoms with Gasteiger partial charge in [0.05, 0.1) is 0 Å². The molecule has 0 N–H and O–H groups in total.